The lowest BCUT2D eigenvalue weighted by Gasteiger charge is -2.28. The number of halogens is 1. The topological polar surface area (TPSA) is 29.5 Å². The van der Waals surface area contributed by atoms with E-state index in [9.17, 15) is 4.79 Å². The molecule has 0 aromatic heterocycles. The van der Waals surface area contributed by atoms with Gasteiger partial charge in [-0.25, -0.2) is 4.79 Å². The lowest BCUT2D eigenvalue weighted by atomic mass is 10.0. The van der Waals surface area contributed by atoms with Crippen LogP contribution in [0.1, 0.15) is 39.2 Å². The Kier molecular flexibility index (Phi) is 4.37. The highest BCUT2D eigenvalue weighted by atomic mass is 79.9. The molecule has 3 nitrogen and oxygen atoms in total. The number of rotatable bonds is 3. The maximum absolute atomic E-state index is 12.5. The van der Waals surface area contributed by atoms with Crippen LogP contribution in [-0.4, -0.2) is 22.6 Å². The Morgan fingerprint density at radius 2 is 1.83 bits per heavy atom. The summed E-state index contributed by atoms with van der Waals surface area (Å²) >= 11 is 3.60. The Labute approximate surface area is 145 Å². The zero-order chi connectivity index (χ0) is 16.6. The summed E-state index contributed by atoms with van der Waals surface area (Å²) < 4.78 is 6.66. The number of benzene rings is 2. The van der Waals surface area contributed by atoms with Gasteiger partial charge in [0.05, 0.1) is 0 Å². The van der Waals surface area contributed by atoms with E-state index in [-0.39, 0.29) is 6.09 Å². The van der Waals surface area contributed by atoms with E-state index in [0.717, 1.165) is 22.9 Å². The summed E-state index contributed by atoms with van der Waals surface area (Å²) in [4.78, 5) is 14.4. The van der Waals surface area contributed by atoms with E-state index < -0.39 is 5.60 Å². The molecule has 1 amide bonds. The van der Waals surface area contributed by atoms with Crippen LogP contribution in [0.15, 0.2) is 40.9 Å². The van der Waals surface area contributed by atoms with E-state index in [4.69, 9.17) is 4.74 Å². The van der Waals surface area contributed by atoms with Crippen molar-refractivity contribution in [2.75, 3.05) is 0 Å². The summed E-state index contributed by atoms with van der Waals surface area (Å²) in [6, 6.07) is 12.7. The average Bonchev–Trinajstić information content (AvgIpc) is 3.29. The maximum Gasteiger partial charge on any atom is 0.410 e. The SMILES string of the molecule is CC(C)(C)OC(=O)N(Cc1ccc(Br)c2ccccc12)C1CC1. The van der Waals surface area contributed by atoms with E-state index in [1.54, 1.807) is 0 Å². The first-order valence-electron chi connectivity index (χ1n) is 8.01. The summed E-state index contributed by atoms with van der Waals surface area (Å²) in [5.41, 5.74) is 0.688. The third kappa shape index (κ3) is 3.86. The van der Waals surface area contributed by atoms with Gasteiger partial charge in [0.15, 0.2) is 0 Å². The molecule has 1 aliphatic rings. The van der Waals surface area contributed by atoms with Crippen molar-refractivity contribution in [2.45, 2.75) is 51.8 Å². The van der Waals surface area contributed by atoms with Crippen LogP contribution < -0.4 is 0 Å². The second kappa shape index (κ2) is 6.16. The van der Waals surface area contributed by atoms with Crippen LogP contribution >= 0.6 is 15.9 Å². The Bertz CT molecular complexity index is 732. The first kappa shape index (κ1) is 16.3. The van der Waals surface area contributed by atoms with E-state index in [1.807, 2.05) is 37.8 Å². The second-order valence-electron chi connectivity index (χ2n) is 7.09. The van der Waals surface area contributed by atoms with Crippen LogP contribution in [-0.2, 0) is 11.3 Å². The molecule has 0 spiro atoms. The van der Waals surface area contributed by atoms with Crippen LogP contribution in [0.5, 0.6) is 0 Å². The monoisotopic (exact) mass is 375 g/mol. The largest absolute Gasteiger partial charge is 0.444 e. The molecule has 0 unspecified atom stereocenters. The van der Waals surface area contributed by atoms with E-state index >= 15 is 0 Å². The van der Waals surface area contributed by atoms with Crippen molar-refractivity contribution in [3.63, 3.8) is 0 Å². The molecule has 2 aromatic rings. The van der Waals surface area contributed by atoms with Crippen molar-refractivity contribution in [3.8, 4) is 0 Å². The smallest absolute Gasteiger partial charge is 0.410 e. The van der Waals surface area contributed by atoms with Crippen LogP contribution in [0.3, 0.4) is 0 Å². The first-order valence-corrected chi connectivity index (χ1v) is 8.80. The van der Waals surface area contributed by atoms with Gasteiger partial charge in [-0.2, -0.15) is 0 Å². The van der Waals surface area contributed by atoms with Gasteiger partial charge in [0.1, 0.15) is 5.60 Å². The number of carbonyl (C=O) groups excluding carboxylic acids is 1. The van der Waals surface area contributed by atoms with Gasteiger partial charge < -0.3 is 9.64 Å². The van der Waals surface area contributed by atoms with Gasteiger partial charge in [0, 0.05) is 17.1 Å². The molecule has 1 saturated carbocycles. The van der Waals surface area contributed by atoms with Crippen molar-refractivity contribution < 1.29 is 9.53 Å². The summed E-state index contributed by atoms with van der Waals surface area (Å²) in [7, 11) is 0. The van der Waals surface area contributed by atoms with Crippen molar-refractivity contribution in [3.05, 3.63) is 46.4 Å². The molecule has 0 atom stereocenters. The predicted molar refractivity (Wildman–Crippen MR) is 96.4 cm³/mol. The molecular formula is C19H22BrNO2. The van der Waals surface area contributed by atoms with Crippen molar-refractivity contribution >= 4 is 32.8 Å². The minimum Gasteiger partial charge on any atom is -0.444 e. The molecule has 0 radical (unpaired) electrons. The Balaban J connectivity index is 1.89. The van der Waals surface area contributed by atoms with Crippen molar-refractivity contribution in [2.24, 2.45) is 0 Å². The molecule has 0 N–H and O–H groups in total. The fourth-order valence-corrected chi connectivity index (χ4v) is 3.17. The van der Waals surface area contributed by atoms with Gasteiger partial charge in [-0.05, 0) is 56.0 Å². The molecule has 0 saturated heterocycles. The number of fused-ring (bicyclic) bond motifs is 1. The van der Waals surface area contributed by atoms with Crippen LogP contribution in [0, 0.1) is 0 Å². The third-order valence-electron chi connectivity index (χ3n) is 3.92. The average molecular weight is 376 g/mol. The zero-order valence-electron chi connectivity index (χ0n) is 13.8. The first-order chi connectivity index (χ1) is 10.8. The molecule has 122 valence electrons. The Morgan fingerprint density at radius 1 is 1.17 bits per heavy atom. The van der Waals surface area contributed by atoms with Crippen molar-refractivity contribution in [1.82, 2.24) is 4.90 Å². The van der Waals surface area contributed by atoms with Crippen LogP contribution in [0.2, 0.25) is 0 Å². The molecule has 4 heteroatoms. The van der Waals surface area contributed by atoms with Gasteiger partial charge in [0.2, 0.25) is 0 Å². The predicted octanol–water partition coefficient (Wildman–Crippen LogP) is 5.50. The molecule has 3 rings (SSSR count). The summed E-state index contributed by atoms with van der Waals surface area (Å²) in [6.45, 7) is 6.31. The number of carbonyl (C=O) groups is 1. The van der Waals surface area contributed by atoms with Gasteiger partial charge in [0.25, 0.3) is 0 Å². The fraction of sp³-hybridized carbons (Fsp3) is 0.421. The highest BCUT2D eigenvalue weighted by Gasteiger charge is 2.35. The summed E-state index contributed by atoms with van der Waals surface area (Å²) in [5.74, 6) is 0. The number of hydrogen-bond donors (Lipinski definition) is 0. The Morgan fingerprint density at radius 3 is 2.43 bits per heavy atom. The molecule has 0 bridgehead atoms. The van der Waals surface area contributed by atoms with Gasteiger partial charge in [-0.3, -0.25) is 0 Å². The molecule has 2 aromatic carbocycles. The third-order valence-corrected chi connectivity index (χ3v) is 4.61. The highest BCUT2D eigenvalue weighted by molar-refractivity contribution is 9.10. The summed E-state index contributed by atoms with van der Waals surface area (Å²) in [6.07, 6.45) is 1.91. The van der Waals surface area contributed by atoms with Gasteiger partial charge >= 0.3 is 6.09 Å². The minimum absolute atomic E-state index is 0.216. The van der Waals surface area contributed by atoms with Crippen LogP contribution in [0.25, 0.3) is 10.8 Å². The number of amides is 1. The normalized spacial score (nSPS) is 14.8. The number of hydrogen-bond acceptors (Lipinski definition) is 2. The summed E-state index contributed by atoms with van der Waals surface area (Å²) in [5, 5.41) is 2.35. The van der Waals surface area contributed by atoms with Gasteiger partial charge in [-0.15, -0.1) is 0 Å². The lowest BCUT2D eigenvalue weighted by molar-refractivity contribution is 0.0217. The molecule has 1 aliphatic carbocycles. The molecule has 0 aliphatic heterocycles. The highest BCUT2D eigenvalue weighted by Crippen LogP contribution is 2.33. The van der Waals surface area contributed by atoms with Crippen molar-refractivity contribution in [1.29, 1.82) is 0 Å². The fourth-order valence-electron chi connectivity index (χ4n) is 2.70. The lowest BCUT2D eigenvalue weighted by Crippen LogP contribution is -2.37. The van der Waals surface area contributed by atoms with E-state index in [1.165, 1.54) is 10.8 Å². The second-order valence-corrected chi connectivity index (χ2v) is 7.95. The quantitative estimate of drug-likeness (QED) is 0.708. The Hall–Kier alpha value is -1.55. The standard InChI is InChI=1S/C19H22BrNO2/c1-19(2,3)23-18(22)21(14-9-10-14)12-13-8-11-17(20)16-7-5-4-6-15(13)16/h4-8,11,14H,9-10,12H2,1-3H3. The van der Waals surface area contributed by atoms with Crippen LogP contribution in [0.4, 0.5) is 4.79 Å². The maximum atomic E-state index is 12.5. The van der Waals surface area contributed by atoms with Gasteiger partial charge in [-0.1, -0.05) is 46.3 Å². The zero-order valence-corrected chi connectivity index (χ0v) is 15.4. The minimum atomic E-state index is -0.466. The molecule has 0 heterocycles. The van der Waals surface area contributed by atoms with E-state index in [2.05, 4.69) is 40.2 Å². The van der Waals surface area contributed by atoms with E-state index in [0.29, 0.717) is 12.6 Å². The number of ether oxygens (including phenoxy) is 1. The molecule has 23 heavy (non-hydrogen) atoms. The molecular weight excluding hydrogens is 354 g/mol. The molecule has 1 fully saturated rings. The number of nitrogens with zero attached hydrogens (tertiary/aromatic N) is 1.